The standard InChI is InChI=1S/C16H25N3O3.ClH/c1-2-3-8-14-17-15(22-18-14)10-19-12-7-5-4-6-11(12)9-13(19)16(20)21;/h11-13H,2-10H2,1H3,(H,20,21);1H. The van der Waals surface area contributed by atoms with Crippen LogP contribution in [-0.4, -0.2) is 38.2 Å². The van der Waals surface area contributed by atoms with Crippen LogP contribution >= 0.6 is 12.4 Å². The maximum atomic E-state index is 11.6. The number of hydrogen-bond donors (Lipinski definition) is 1. The fourth-order valence-electron chi connectivity index (χ4n) is 3.97. The number of likely N-dealkylation sites (tertiary alicyclic amines) is 1. The Labute approximate surface area is 143 Å². The number of carboxylic acid groups (broad SMARTS) is 1. The van der Waals surface area contributed by atoms with Crippen molar-refractivity contribution in [3.8, 4) is 0 Å². The Balaban J connectivity index is 0.00000192. The van der Waals surface area contributed by atoms with E-state index >= 15 is 0 Å². The van der Waals surface area contributed by atoms with Crippen LogP contribution in [0.5, 0.6) is 0 Å². The molecule has 1 aliphatic heterocycles. The van der Waals surface area contributed by atoms with Crippen LogP contribution in [0.2, 0.25) is 0 Å². The summed E-state index contributed by atoms with van der Waals surface area (Å²) >= 11 is 0. The number of aliphatic carboxylic acids is 1. The second-order valence-corrected chi connectivity index (χ2v) is 6.58. The van der Waals surface area contributed by atoms with Gasteiger partial charge in [0.2, 0.25) is 5.89 Å². The van der Waals surface area contributed by atoms with E-state index in [-0.39, 0.29) is 12.4 Å². The van der Waals surface area contributed by atoms with Gasteiger partial charge in [-0.3, -0.25) is 9.69 Å². The molecule has 7 heteroatoms. The topological polar surface area (TPSA) is 79.5 Å². The molecule has 2 fully saturated rings. The molecule has 0 spiro atoms. The highest BCUT2D eigenvalue weighted by atomic mass is 35.5. The molecule has 0 amide bonds. The first-order valence-corrected chi connectivity index (χ1v) is 8.49. The lowest BCUT2D eigenvalue weighted by Crippen LogP contribution is -2.41. The van der Waals surface area contributed by atoms with E-state index < -0.39 is 12.0 Å². The van der Waals surface area contributed by atoms with Gasteiger partial charge in [-0.25, -0.2) is 0 Å². The average Bonchev–Trinajstić information content (AvgIpc) is 3.11. The zero-order valence-corrected chi connectivity index (χ0v) is 14.4. The fourth-order valence-corrected chi connectivity index (χ4v) is 3.97. The van der Waals surface area contributed by atoms with Crippen molar-refractivity contribution < 1.29 is 14.4 Å². The molecule has 1 aromatic rings. The summed E-state index contributed by atoms with van der Waals surface area (Å²) in [4.78, 5) is 18.1. The number of hydrogen-bond acceptors (Lipinski definition) is 5. The van der Waals surface area contributed by atoms with Crippen molar-refractivity contribution in [2.24, 2.45) is 5.92 Å². The van der Waals surface area contributed by atoms with Gasteiger partial charge in [0.05, 0.1) is 6.54 Å². The molecule has 6 nitrogen and oxygen atoms in total. The second kappa shape index (κ2) is 8.11. The highest BCUT2D eigenvalue weighted by Gasteiger charge is 2.45. The number of nitrogens with zero attached hydrogens (tertiary/aromatic N) is 3. The Morgan fingerprint density at radius 1 is 1.39 bits per heavy atom. The zero-order valence-electron chi connectivity index (χ0n) is 13.6. The molecule has 0 aromatic carbocycles. The van der Waals surface area contributed by atoms with Crippen LogP contribution in [0.1, 0.15) is 63.6 Å². The molecule has 1 N–H and O–H groups in total. The Morgan fingerprint density at radius 2 is 2.17 bits per heavy atom. The second-order valence-electron chi connectivity index (χ2n) is 6.58. The Morgan fingerprint density at radius 3 is 2.91 bits per heavy atom. The van der Waals surface area contributed by atoms with Crippen LogP contribution in [0.3, 0.4) is 0 Å². The first-order valence-electron chi connectivity index (χ1n) is 8.49. The number of halogens is 1. The number of fused-ring (bicyclic) bond motifs is 1. The third kappa shape index (κ3) is 4.04. The summed E-state index contributed by atoms with van der Waals surface area (Å²) in [5.41, 5.74) is 0. The highest BCUT2D eigenvalue weighted by Crippen LogP contribution is 2.40. The Bertz CT molecular complexity index is 522. The predicted molar refractivity (Wildman–Crippen MR) is 87.5 cm³/mol. The van der Waals surface area contributed by atoms with Crippen LogP contribution in [-0.2, 0) is 17.8 Å². The quantitative estimate of drug-likeness (QED) is 0.855. The molecule has 1 aromatic heterocycles. The molecule has 1 aliphatic carbocycles. The molecular formula is C16H26ClN3O3. The van der Waals surface area contributed by atoms with Crippen molar-refractivity contribution in [1.29, 1.82) is 0 Å². The third-order valence-corrected chi connectivity index (χ3v) is 5.09. The van der Waals surface area contributed by atoms with Crippen molar-refractivity contribution >= 4 is 18.4 Å². The summed E-state index contributed by atoms with van der Waals surface area (Å²) in [5.74, 6) is 1.09. The molecule has 2 aliphatic rings. The van der Waals surface area contributed by atoms with Crippen molar-refractivity contribution in [2.75, 3.05) is 0 Å². The lowest BCUT2D eigenvalue weighted by Gasteiger charge is -2.31. The van der Waals surface area contributed by atoms with Crippen LogP contribution in [0, 0.1) is 5.92 Å². The van der Waals surface area contributed by atoms with Gasteiger partial charge in [0.25, 0.3) is 0 Å². The molecule has 2 heterocycles. The van der Waals surface area contributed by atoms with Gasteiger partial charge in [0.15, 0.2) is 5.82 Å². The smallest absolute Gasteiger partial charge is 0.320 e. The van der Waals surface area contributed by atoms with E-state index in [1.54, 1.807) is 0 Å². The number of carbonyl (C=O) groups is 1. The van der Waals surface area contributed by atoms with Gasteiger partial charge in [0, 0.05) is 12.5 Å². The first kappa shape index (κ1) is 18.2. The Kier molecular flexibility index (Phi) is 6.41. The lowest BCUT2D eigenvalue weighted by atomic mass is 9.85. The average molecular weight is 344 g/mol. The van der Waals surface area contributed by atoms with E-state index in [1.807, 2.05) is 0 Å². The number of unbranched alkanes of at least 4 members (excludes halogenated alkanes) is 1. The number of rotatable bonds is 6. The van der Waals surface area contributed by atoms with E-state index in [0.29, 0.717) is 24.4 Å². The molecular weight excluding hydrogens is 318 g/mol. The molecule has 0 bridgehead atoms. The summed E-state index contributed by atoms with van der Waals surface area (Å²) in [5, 5.41) is 13.5. The van der Waals surface area contributed by atoms with Crippen LogP contribution in [0.4, 0.5) is 0 Å². The van der Waals surface area contributed by atoms with E-state index in [9.17, 15) is 9.90 Å². The third-order valence-electron chi connectivity index (χ3n) is 5.09. The molecule has 3 rings (SSSR count). The van der Waals surface area contributed by atoms with Gasteiger partial charge >= 0.3 is 5.97 Å². The SMILES string of the molecule is CCCCc1noc(CN2C(C(=O)O)CC3CCCCC32)n1.Cl. The molecule has 0 radical (unpaired) electrons. The van der Waals surface area contributed by atoms with Crippen molar-refractivity contribution in [3.05, 3.63) is 11.7 Å². The minimum atomic E-state index is -0.722. The number of aromatic nitrogens is 2. The van der Waals surface area contributed by atoms with Crippen molar-refractivity contribution in [2.45, 2.75) is 76.9 Å². The maximum absolute atomic E-state index is 11.6. The zero-order chi connectivity index (χ0) is 15.5. The summed E-state index contributed by atoms with van der Waals surface area (Å²) in [6.45, 7) is 2.60. The molecule has 1 saturated carbocycles. The fraction of sp³-hybridized carbons (Fsp3) is 0.812. The van der Waals surface area contributed by atoms with Crippen LogP contribution < -0.4 is 0 Å². The van der Waals surface area contributed by atoms with Gasteiger partial charge in [0.1, 0.15) is 6.04 Å². The number of carboxylic acids is 1. The summed E-state index contributed by atoms with van der Waals surface area (Å²) in [6.07, 6.45) is 8.39. The molecule has 3 atom stereocenters. The van der Waals surface area contributed by atoms with Gasteiger partial charge in [-0.05, 0) is 31.6 Å². The van der Waals surface area contributed by atoms with E-state index in [4.69, 9.17) is 4.52 Å². The normalized spacial score (nSPS) is 27.4. The van der Waals surface area contributed by atoms with Gasteiger partial charge < -0.3 is 9.63 Å². The molecule has 1 saturated heterocycles. The van der Waals surface area contributed by atoms with Gasteiger partial charge in [-0.1, -0.05) is 31.3 Å². The largest absolute Gasteiger partial charge is 0.480 e. The maximum Gasteiger partial charge on any atom is 0.320 e. The first-order chi connectivity index (χ1) is 10.7. The summed E-state index contributed by atoms with van der Waals surface area (Å²) < 4.78 is 5.34. The minimum Gasteiger partial charge on any atom is -0.480 e. The van der Waals surface area contributed by atoms with Crippen LogP contribution in [0.25, 0.3) is 0 Å². The van der Waals surface area contributed by atoms with Crippen molar-refractivity contribution in [1.82, 2.24) is 15.0 Å². The van der Waals surface area contributed by atoms with Crippen molar-refractivity contribution in [3.63, 3.8) is 0 Å². The number of aryl methyl sites for hydroxylation is 1. The molecule has 3 unspecified atom stereocenters. The monoisotopic (exact) mass is 343 g/mol. The summed E-state index contributed by atoms with van der Waals surface area (Å²) in [6, 6.07) is -0.0417. The summed E-state index contributed by atoms with van der Waals surface area (Å²) in [7, 11) is 0. The van der Waals surface area contributed by atoms with Gasteiger partial charge in [-0.2, -0.15) is 4.98 Å². The Hall–Kier alpha value is -1.14. The van der Waals surface area contributed by atoms with E-state index in [2.05, 4.69) is 22.0 Å². The van der Waals surface area contributed by atoms with Gasteiger partial charge in [-0.15, -0.1) is 12.4 Å². The van der Waals surface area contributed by atoms with Crippen LogP contribution in [0.15, 0.2) is 4.52 Å². The van der Waals surface area contributed by atoms with E-state index in [1.165, 1.54) is 12.8 Å². The van der Waals surface area contributed by atoms with E-state index in [0.717, 1.165) is 44.3 Å². The predicted octanol–water partition coefficient (Wildman–Crippen LogP) is 3.05. The lowest BCUT2D eigenvalue weighted by molar-refractivity contribution is -0.143. The highest BCUT2D eigenvalue weighted by molar-refractivity contribution is 5.85. The molecule has 23 heavy (non-hydrogen) atoms. The minimum absolute atomic E-state index is 0. The molecule has 130 valence electrons.